The van der Waals surface area contributed by atoms with E-state index in [1.54, 1.807) is 13.3 Å². The Bertz CT molecular complexity index is 682. The van der Waals surface area contributed by atoms with Crippen molar-refractivity contribution in [2.24, 2.45) is 5.92 Å². The van der Waals surface area contributed by atoms with Gasteiger partial charge in [0.2, 0.25) is 5.91 Å². The molecule has 0 aliphatic heterocycles. The van der Waals surface area contributed by atoms with E-state index >= 15 is 0 Å². The highest BCUT2D eigenvalue weighted by Gasteiger charge is 2.25. The molecule has 1 aromatic carbocycles. The van der Waals surface area contributed by atoms with Crippen LogP contribution in [0, 0.1) is 5.92 Å². The third-order valence-electron chi connectivity index (χ3n) is 4.25. The molecule has 3 rings (SSSR count). The minimum atomic E-state index is 0.0763. The van der Waals surface area contributed by atoms with Crippen molar-refractivity contribution >= 4 is 17.4 Å². The lowest BCUT2D eigenvalue weighted by Gasteiger charge is -2.23. The minimum absolute atomic E-state index is 0.0763. The Hall–Kier alpha value is -2.76. The Morgan fingerprint density at radius 1 is 1.16 bits per heavy atom. The van der Waals surface area contributed by atoms with Crippen molar-refractivity contribution in [3.8, 4) is 11.5 Å². The lowest BCUT2D eigenvalue weighted by molar-refractivity contribution is -0.122. The highest BCUT2D eigenvalue weighted by atomic mass is 16.5. The number of aromatic nitrogens is 1. The second-order valence-corrected chi connectivity index (χ2v) is 6.00. The summed E-state index contributed by atoms with van der Waals surface area (Å²) in [5.74, 6) is 2.44. The summed E-state index contributed by atoms with van der Waals surface area (Å²) in [5.41, 5.74) is 0.889. The number of carbonyl (C=O) groups excluding carboxylic acids is 1. The molecule has 6 heteroatoms. The van der Waals surface area contributed by atoms with E-state index in [-0.39, 0.29) is 11.8 Å². The molecule has 0 radical (unpaired) electrons. The van der Waals surface area contributed by atoms with Gasteiger partial charge in [-0.3, -0.25) is 4.79 Å². The van der Waals surface area contributed by atoms with E-state index in [1.165, 1.54) is 0 Å². The number of benzene rings is 1. The van der Waals surface area contributed by atoms with Gasteiger partial charge in [-0.1, -0.05) is 6.42 Å². The lowest BCUT2D eigenvalue weighted by Crippen LogP contribution is -2.28. The van der Waals surface area contributed by atoms with Gasteiger partial charge in [0.05, 0.1) is 19.0 Å². The molecule has 1 saturated carbocycles. The number of anilines is 2. The third kappa shape index (κ3) is 4.86. The molecule has 0 unspecified atom stereocenters. The molecule has 1 aliphatic rings. The highest BCUT2D eigenvalue weighted by Crippen LogP contribution is 2.27. The Morgan fingerprint density at radius 2 is 1.92 bits per heavy atom. The van der Waals surface area contributed by atoms with Gasteiger partial charge in [-0.25, -0.2) is 4.98 Å². The molecule has 25 heavy (non-hydrogen) atoms. The van der Waals surface area contributed by atoms with Crippen LogP contribution in [0.4, 0.5) is 11.5 Å². The van der Waals surface area contributed by atoms with Crippen LogP contribution in [-0.2, 0) is 4.79 Å². The molecule has 0 saturated heterocycles. The molecule has 0 bridgehead atoms. The van der Waals surface area contributed by atoms with Crippen molar-refractivity contribution < 1.29 is 14.3 Å². The van der Waals surface area contributed by atoms with Gasteiger partial charge in [-0.2, -0.15) is 0 Å². The van der Waals surface area contributed by atoms with Crippen molar-refractivity contribution in [2.45, 2.75) is 19.3 Å². The smallest absolute Gasteiger partial charge is 0.228 e. The quantitative estimate of drug-likeness (QED) is 0.721. The number of nitrogens with one attached hydrogen (secondary N) is 2. The normalized spacial score (nSPS) is 13.6. The van der Waals surface area contributed by atoms with Crippen molar-refractivity contribution in [2.75, 3.05) is 30.9 Å². The lowest BCUT2D eigenvalue weighted by atomic mass is 9.85. The zero-order valence-corrected chi connectivity index (χ0v) is 14.3. The first-order valence-corrected chi connectivity index (χ1v) is 8.52. The fourth-order valence-corrected chi connectivity index (χ4v) is 2.51. The molecule has 0 atom stereocenters. The standard InChI is InChI=1S/C19H23N3O3/c1-24-16-6-8-17(9-7-16)25-12-11-20-15-5-10-18(21-13-15)22-19(23)14-3-2-4-14/h5-10,13-14,20H,2-4,11-12H2,1H3,(H,21,22,23). The van der Waals surface area contributed by atoms with E-state index in [1.807, 2.05) is 36.4 Å². The summed E-state index contributed by atoms with van der Waals surface area (Å²) < 4.78 is 10.8. The average Bonchev–Trinajstić information content (AvgIpc) is 2.59. The number of hydrogen-bond donors (Lipinski definition) is 2. The van der Waals surface area contributed by atoms with Crippen LogP contribution < -0.4 is 20.1 Å². The van der Waals surface area contributed by atoms with E-state index in [2.05, 4.69) is 15.6 Å². The summed E-state index contributed by atoms with van der Waals surface area (Å²) in [5, 5.41) is 6.09. The molecule has 1 amide bonds. The largest absolute Gasteiger partial charge is 0.497 e. The number of hydrogen-bond acceptors (Lipinski definition) is 5. The topological polar surface area (TPSA) is 72.5 Å². The highest BCUT2D eigenvalue weighted by molar-refractivity contribution is 5.92. The van der Waals surface area contributed by atoms with E-state index in [0.29, 0.717) is 19.0 Å². The Kier molecular flexibility index (Phi) is 5.72. The van der Waals surface area contributed by atoms with Gasteiger partial charge in [0.15, 0.2) is 0 Å². The van der Waals surface area contributed by atoms with Crippen LogP contribution in [0.25, 0.3) is 0 Å². The molecular weight excluding hydrogens is 318 g/mol. The first-order chi connectivity index (χ1) is 12.2. The van der Waals surface area contributed by atoms with Crippen molar-refractivity contribution in [1.29, 1.82) is 0 Å². The van der Waals surface area contributed by atoms with Crippen molar-refractivity contribution in [1.82, 2.24) is 4.98 Å². The summed E-state index contributed by atoms with van der Waals surface area (Å²) >= 11 is 0. The Morgan fingerprint density at radius 3 is 2.52 bits per heavy atom. The molecule has 1 fully saturated rings. The number of carbonyl (C=O) groups is 1. The zero-order chi connectivity index (χ0) is 17.5. The van der Waals surface area contributed by atoms with Crippen LogP contribution in [0.1, 0.15) is 19.3 Å². The maximum absolute atomic E-state index is 11.9. The second-order valence-electron chi connectivity index (χ2n) is 6.00. The van der Waals surface area contributed by atoms with Gasteiger partial charge >= 0.3 is 0 Å². The number of pyridine rings is 1. The van der Waals surface area contributed by atoms with Gasteiger partial charge in [0.1, 0.15) is 23.9 Å². The summed E-state index contributed by atoms with van der Waals surface area (Å²) in [6.45, 7) is 1.19. The van der Waals surface area contributed by atoms with Crippen LogP contribution in [-0.4, -0.2) is 31.2 Å². The molecular formula is C19H23N3O3. The predicted octanol–water partition coefficient (Wildman–Crippen LogP) is 3.32. The number of nitrogens with zero attached hydrogens (tertiary/aromatic N) is 1. The minimum Gasteiger partial charge on any atom is -0.497 e. The fourth-order valence-electron chi connectivity index (χ4n) is 2.51. The summed E-state index contributed by atoms with van der Waals surface area (Å²) in [6.07, 6.45) is 4.83. The number of methoxy groups -OCH3 is 1. The molecule has 0 spiro atoms. The SMILES string of the molecule is COc1ccc(OCCNc2ccc(NC(=O)C3CCC3)nc2)cc1. The van der Waals surface area contributed by atoms with Crippen LogP contribution >= 0.6 is 0 Å². The van der Waals surface area contributed by atoms with Gasteiger partial charge < -0.3 is 20.1 Å². The van der Waals surface area contributed by atoms with Gasteiger partial charge in [-0.15, -0.1) is 0 Å². The predicted molar refractivity (Wildman–Crippen MR) is 97.2 cm³/mol. The monoisotopic (exact) mass is 341 g/mol. The number of amides is 1. The molecule has 1 aliphatic carbocycles. The van der Waals surface area contributed by atoms with Gasteiger partial charge in [0, 0.05) is 12.5 Å². The first-order valence-electron chi connectivity index (χ1n) is 8.52. The molecule has 1 aromatic heterocycles. The Balaban J connectivity index is 1.38. The van der Waals surface area contributed by atoms with Crippen molar-refractivity contribution in [3.05, 3.63) is 42.6 Å². The fraction of sp³-hybridized carbons (Fsp3) is 0.368. The molecule has 6 nitrogen and oxygen atoms in total. The van der Waals surface area contributed by atoms with Gasteiger partial charge in [0.25, 0.3) is 0 Å². The van der Waals surface area contributed by atoms with Crippen LogP contribution in [0.15, 0.2) is 42.6 Å². The van der Waals surface area contributed by atoms with Crippen LogP contribution in [0.5, 0.6) is 11.5 Å². The molecule has 132 valence electrons. The zero-order valence-electron chi connectivity index (χ0n) is 14.3. The van der Waals surface area contributed by atoms with Crippen molar-refractivity contribution in [3.63, 3.8) is 0 Å². The maximum atomic E-state index is 11.9. The number of ether oxygens (including phenoxy) is 2. The van der Waals surface area contributed by atoms with Crippen LogP contribution in [0.2, 0.25) is 0 Å². The molecule has 1 heterocycles. The van der Waals surface area contributed by atoms with E-state index in [4.69, 9.17) is 9.47 Å². The average molecular weight is 341 g/mol. The Labute approximate surface area is 147 Å². The number of rotatable bonds is 8. The molecule has 2 aromatic rings. The second kappa shape index (κ2) is 8.37. The molecule has 2 N–H and O–H groups in total. The maximum Gasteiger partial charge on any atom is 0.228 e. The first kappa shape index (κ1) is 17.1. The summed E-state index contributed by atoms with van der Waals surface area (Å²) in [4.78, 5) is 16.1. The van der Waals surface area contributed by atoms with Crippen LogP contribution in [0.3, 0.4) is 0 Å². The van der Waals surface area contributed by atoms with E-state index in [0.717, 1.165) is 36.4 Å². The third-order valence-corrected chi connectivity index (χ3v) is 4.25. The van der Waals surface area contributed by atoms with E-state index < -0.39 is 0 Å². The summed E-state index contributed by atoms with van der Waals surface area (Å²) in [7, 11) is 1.64. The van der Waals surface area contributed by atoms with E-state index in [9.17, 15) is 4.79 Å². The van der Waals surface area contributed by atoms with Gasteiger partial charge in [-0.05, 0) is 49.2 Å². The summed E-state index contributed by atoms with van der Waals surface area (Å²) in [6, 6.07) is 11.2.